The van der Waals surface area contributed by atoms with Gasteiger partial charge in [-0.15, -0.1) is 0 Å². The second-order valence-electron chi connectivity index (χ2n) is 6.35. The Morgan fingerprint density at radius 3 is 2.28 bits per heavy atom. The third-order valence-corrected chi connectivity index (χ3v) is 4.39. The monoisotopic (exact) mass is 334 g/mol. The largest absolute Gasteiger partial charge is 0.321 e. The number of nitrogens with zero attached hydrogens (tertiary/aromatic N) is 3. The van der Waals surface area contributed by atoms with Crippen molar-refractivity contribution in [2.24, 2.45) is 7.05 Å². The Bertz CT molecular complexity index is 939. The van der Waals surface area contributed by atoms with Crippen LogP contribution >= 0.6 is 0 Å². The fraction of sp³-hybridized carbons (Fsp3) is 0.250. The summed E-state index contributed by atoms with van der Waals surface area (Å²) in [6, 6.07) is 11.6. The second-order valence-corrected chi connectivity index (χ2v) is 6.35. The van der Waals surface area contributed by atoms with Crippen molar-refractivity contribution in [2.45, 2.75) is 27.7 Å². The number of rotatable bonds is 3. The van der Waals surface area contributed by atoms with Gasteiger partial charge in [-0.25, -0.2) is 4.98 Å². The first-order valence-electron chi connectivity index (χ1n) is 8.23. The second kappa shape index (κ2) is 6.51. The van der Waals surface area contributed by atoms with Crippen LogP contribution in [0.25, 0.3) is 11.3 Å². The van der Waals surface area contributed by atoms with Crippen LogP contribution in [0.4, 0.5) is 5.69 Å². The highest BCUT2D eigenvalue weighted by atomic mass is 16.1. The molecule has 3 rings (SSSR count). The number of benzene rings is 1. The number of hydrogen-bond acceptors (Lipinski definition) is 3. The number of hydrogen-bond donors (Lipinski definition) is 1. The predicted molar refractivity (Wildman–Crippen MR) is 99.8 cm³/mol. The van der Waals surface area contributed by atoms with Crippen LogP contribution in [-0.4, -0.2) is 20.7 Å². The van der Waals surface area contributed by atoms with E-state index in [9.17, 15) is 4.79 Å². The van der Waals surface area contributed by atoms with Crippen molar-refractivity contribution in [3.63, 3.8) is 0 Å². The van der Waals surface area contributed by atoms with E-state index in [1.165, 1.54) is 0 Å². The van der Waals surface area contributed by atoms with Crippen molar-refractivity contribution in [3.8, 4) is 11.3 Å². The van der Waals surface area contributed by atoms with Crippen LogP contribution < -0.4 is 5.32 Å². The highest BCUT2D eigenvalue weighted by Gasteiger charge is 2.17. The topological polar surface area (TPSA) is 59.8 Å². The molecular formula is C20H22N4O. The van der Waals surface area contributed by atoms with Gasteiger partial charge in [-0.1, -0.05) is 23.8 Å². The number of carbonyl (C=O) groups is 1. The van der Waals surface area contributed by atoms with E-state index in [2.05, 4.69) is 15.4 Å². The molecule has 1 amide bonds. The maximum Gasteiger partial charge on any atom is 0.274 e. The molecule has 0 fully saturated rings. The number of aryl methyl sites for hydroxylation is 4. The third-order valence-electron chi connectivity index (χ3n) is 4.39. The summed E-state index contributed by atoms with van der Waals surface area (Å²) in [4.78, 5) is 17.3. The minimum atomic E-state index is -0.206. The van der Waals surface area contributed by atoms with Gasteiger partial charge >= 0.3 is 0 Å². The van der Waals surface area contributed by atoms with Crippen LogP contribution in [0.5, 0.6) is 0 Å². The van der Waals surface area contributed by atoms with Crippen LogP contribution in [0.15, 0.2) is 36.4 Å². The average Bonchev–Trinajstić information content (AvgIpc) is 2.83. The van der Waals surface area contributed by atoms with Crippen molar-refractivity contribution >= 4 is 11.6 Å². The summed E-state index contributed by atoms with van der Waals surface area (Å²) in [5, 5.41) is 7.35. The van der Waals surface area contributed by atoms with E-state index in [-0.39, 0.29) is 5.91 Å². The lowest BCUT2D eigenvalue weighted by Crippen LogP contribution is -2.15. The van der Waals surface area contributed by atoms with Gasteiger partial charge in [-0.3, -0.25) is 9.48 Å². The van der Waals surface area contributed by atoms with Crippen LogP contribution in [0.2, 0.25) is 0 Å². The van der Waals surface area contributed by atoms with Crippen LogP contribution in [0, 0.1) is 27.7 Å². The summed E-state index contributed by atoms with van der Waals surface area (Å²) in [6.07, 6.45) is 0. The first-order chi connectivity index (χ1) is 11.9. The van der Waals surface area contributed by atoms with E-state index in [4.69, 9.17) is 0 Å². The molecule has 128 valence electrons. The lowest BCUT2D eigenvalue weighted by molar-refractivity contribution is 0.102. The molecule has 25 heavy (non-hydrogen) atoms. The smallest absolute Gasteiger partial charge is 0.274 e. The molecule has 0 aliphatic heterocycles. The number of nitrogens with one attached hydrogen (secondary N) is 1. The Morgan fingerprint density at radius 2 is 1.68 bits per heavy atom. The van der Waals surface area contributed by atoms with Gasteiger partial charge in [0.1, 0.15) is 5.69 Å². The minimum Gasteiger partial charge on any atom is -0.321 e. The Balaban J connectivity index is 1.96. The predicted octanol–water partition coefficient (Wildman–Crippen LogP) is 3.97. The lowest BCUT2D eigenvalue weighted by atomic mass is 10.1. The van der Waals surface area contributed by atoms with E-state index >= 15 is 0 Å². The molecule has 2 aromatic heterocycles. The summed E-state index contributed by atoms with van der Waals surface area (Å²) in [6.45, 7) is 7.86. The number of amides is 1. The maximum absolute atomic E-state index is 12.7. The van der Waals surface area contributed by atoms with E-state index in [1.807, 2.05) is 75.8 Å². The minimum absolute atomic E-state index is 0.206. The zero-order chi connectivity index (χ0) is 18.1. The highest BCUT2D eigenvalue weighted by molar-refractivity contribution is 6.04. The Morgan fingerprint density at radius 1 is 1.00 bits per heavy atom. The number of pyridine rings is 1. The van der Waals surface area contributed by atoms with Gasteiger partial charge in [-0.2, -0.15) is 5.10 Å². The molecule has 0 bridgehead atoms. The quantitative estimate of drug-likeness (QED) is 0.788. The first kappa shape index (κ1) is 16.9. The molecule has 3 aromatic rings. The average molecular weight is 334 g/mol. The van der Waals surface area contributed by atoms with E-state index in [1.54, 1.807) is 0 Å². The van der Waals surface area contributed by atoms with Crippen LogP contribution in [0.3, 0.4) is 0 Å². The normalized spacial score (nSPS) is 10.8. The summed E-state index contributed by atoms with van der Waals surface area (Å²) in [7, 11) is 1.91. The molecule has 0 aliphatic rings. The zero-order valence-electron chi connectivity index (χ0n) is 15.2. The Hall–Kier alpha value is -2.95. The van der Waals surface area contributed by atoms with E-state index in [0.29, 0.717) is 5.69 Å². The highest BCUT2D eigenvalue weighted by Crippen LogP contribution is 2.26. The SMILES string of the molecule is Cc1ccc(NC(=O)c2nc(-c3c(C)nn(C)c3C)ccc2C)cc1. The van der Waals surface area contributed by atoms with Crippen molar-refractivity contribution < 1.29 is 4.79 Å². The molecule has 5 nitrogen and oxygen atoms in total. The van der Waals surface area contributed by atoms with Crippen molar-refractivity contribution in [1.29, 1.82) is 0 Å². The molecule has 5 heteroatoms. The van der Waals surface area contributed by atoms with E-state index < -0.39 is 0 Å². The van der Waals surface area contributed by atoms with Gasteiger partial charge in [-0.05, 0) is 51.5 Å². The molecule has 1 N–H and O–H groups in total. The van der Waals surface area contributed by atoms with Gasteiger partial charge in [0, 0.05) is 24.0 Å². The lowest BCUT2D eigenvalue weighted by Gasteiger charge is -2.10. The van der Waals surface area contributed by atoms with Gasteiger partial charge in [0.05, 0.1) is 11.4 Å². The Labute approximate surface area is 147 Å². The summed E-state index contributed by atoms with van der Waals surface area (Å²) >= 11 is 0. The van der Waals surface area contributed by atoms with Gasteiger partial charge < -0.3 is 5.32 Å². The molecule has 0 saturated carbocycles. The molecule has 0 unspecified atom stereocenters. The Kier molecular flexibility index (Phi) is 4.40. The standard InChI is InChI=1S/C20H22N4O/c1-12-6-9-16(10-7-12)21-20(25)19-13(2)8-11-17(22-19)18-14(3)23-24(5)15(18)4/h6-11H,1-5H3,(H,21,25). The molecular weight excluding hydrogens is 312 g/mol. The van der Waals surface area contributed by atoms with Crippen LogP contribution in [-0.2, 0) is 7.05 Å². The van der Waals surface area contributed by atoms with Crippen molar-refractivity contribution in [2.75, 3.05) is 5.32 Å². The van der Waals surface area contributed by atoms with Gasteiger partial charge in [0.15, 0.2) is 0 Å². The summed E-state index contributed by atoms with van der Waals surface area (Å²) in [5.41, 5.74) is 6.86. The molecule has 0 atom stereocenters. The van der Waals surface area contributed by atoms with Crippen molar-refractivity contribution in [3.05, 3.63) is 64.6 Å². The van der Waals surface area contributed by atoms with E-state index in [0.717, 1.165) is 39.5 Å². The third kappa shape index (κ3) is 3.31. The number of carbonyl (C=O) groups excluding carboxylic acids is 1. The summed E-state index contributed by atoms with van der Waals surface area (Å²) in [5.74, 6) is -0.206. The maximum atomic E-state index is 12.7. The number of aromatic nitrogens is 3. The number of anilines is 1. The molecule has 0 saturated heterocycles. The van der Waals surface area contributed by atoms with Gasteiger partial charge in [0.2, 0.25) is 0 Å². The summed E-state index contributed by atoms with van der Waals surface area (Å²) < 4.78 is 1.83. The van der Waals surface area contributed by atoms with Gasteiger partial charge in [0.25, 0.3) is 5.91 Å². The molecule has 0 radical (unpaired) electrons. The van der Waals surface area contributed by atoms with Crippen molar-refractivity contribution in [1.82, 2.24) is 14.8 Å². The molecule has 1 aromatic carbocycles. The zero-order valence-corrected chi connectivity index (χ0v) is 15.2. The molecule has 0 spiro atoms. The molecule has 0 aliphatic carbocycles. The fourth-order valence-electron chi connectivity index (χ4n) is 2.87. The first-order valence-corrected chi connectivity index (χ1v) is 8.23. The molecule has 2 heterocycles. The van der Waals surface area contributed by atoms with Crippen LogP contribution in [0.1, 0.15) is 33.0 Å². The fourth-order valence-corrected chi connectivity index (χ4v) is 2.87.